The highest BCUT2D eigenvalue weighted by atomic mass is 16.5. The summed E-state index contributed by atoms with van der Waals surface area (Å²) >= 11 is 0. The van der Waals surface area contributed by atoms with Crippen LogP contribution in [0.15, 0.2) is 42.5 Å². The summed E-state index contributed by atoms with van der Waals surface area (Å²) in [4.78, 5) is 15.2. The third-order valence-corrected chi connectivity index (χ3v) is 6.71. The molecule has 5 nitrogen and oxygen atoms in total. The van der Waals surface area contributed by atoms with Crippen LogP contribution in [0, 0.1) is 0 Å². The van der Waals surface area contributed by atoms with E-state index in [0.29, 0.717) is 12.2 Å². The molecule has 0 spiro atoms. The van der Waals surface area contributed by atoms with Crippen LogP contribution in [0.2, 0.25) is 0 Å². The first-order chi connectivity index (χ1) is 15.6. The van der Waals surface area contributed by atoms with Gasteiger partial charge in [-0.15, -0.1) is 0 Å². The molecular formula is C27H36N2O3. The van der Waals surface area contributed by atoms with Gasteiger partial charge in [0.2, 0.25) is 0 Å². The highest BCUT2D eigenvalue weighted by Crippen LogP contribution is 2.24. The lowest BCUT2D eigenvalue weighted by Crippen LogP contribution is -2.38. The SMILES string of the molecule is CCN(CC)Cc1ccc2c(c1)CC[C@H](NC(=O)c1ccc(OC[C@@H]3CCCO3)cc1)C2. The number of aryl methyl sites for hydroxylation is 1. The van der Waals surface area contributed by atoms with Crippen molar-refractivity contribution in [1.82, 2.24) is 10.2 Å². The summed E-state index contributed by atoms with van der Waals surface area (Å²) in [5.41, 5.74) is 4.86. The summed E-state index contributed by atoms with van der Waals surface area (Å²) in [6.45, 7) is 8.98. The number of ether oxygens (including phenoxy) is 2. The largest absolute Gasteiger partial charge is 0.491 e. The Labute approximate surface area is 192 Å². The number of fused-ring (bicyclic) bond motifs is 1. The van der Waals surface area contributed by atoms with Crippen LogP contribution in [0.3, 0.4) is 0 Å². The molecule has 2 aromatic carbocycles. The summed E-state index contributed by atoms with van der Waals surface area (Å²) in [6.07, 6.45) is 5.26. The zero-order valence-corrected chi connectivity index (χ0v) is 19.4. The molecular weight excluding hydrogens is 400 g/mol. The number of benzene rings is 2. The Morgan fingerprint density at radius 1 is 1.09 bits per heavy atom. The van der Waals surface area contributed by atoms with Gasteiger partial charge >= 0.3 is 0 Å². The average molecular weight is 437 g/mol. The molecule has 2 aliphatic rings. The van der Waals surface area contributed by atoms with Crippen molar-refractivity contribution in [3.63, 3.8) is 0 Å². The van der Waals surface area contributed by atoms with Gasteiger partial charge in [-0.05, 0) is 86.1 Å². The van der Waals surface area contributed by atoms with Crippen LogP contribution in [0.4, 0.5) is 0 Å². The summed E-state index contributed by atoms with van der Waals surface area (Å²) < 4.78 is 11.4. The smallest absolute Gasteiger partial charge is 0.251 e. The molecule has 1 fully saturated rings. The number of carbonyl (C=O) groups is 1. The first-order valence-corrected chi connectivity index (χ1v) is 12.1. The topological polar surface area (TPSA) is 50.8 Å². The first-order valence-electron chi connectivity index (χ1n) is 12.1. The van der Waals surface area contributed by atoms with Gasteiger partial charge in [-0.25, -0.2) is 0 Å². The predicted octanol–water partition coefficient (Wildman–Crippen LogP) is 4.37. The number of nitrogens with zero attached hydrogens (tertiary/aromatic N) is 1. The molecule has 5 heteroatoms. The Kier molecular flexibility index (Phi) is 7.82. The predicted molar refractivity (Wildman–Crippen MR) is 127 cm³/mol. The van der Waals surface area contributed by atoms with Crippen molar-refractivity contribution < 1.29 is 14.3 Å². The second kappa shape index (κ2) is 11.0. The van der Waals surface area contributed by atoms with E-state index in [1.54, 1.807) is 0 Å². The molecule has 0 aromatic heterocycles. The Morgan fingerprint density at radius 3 is 2.62 bits per heavy atom. The Hall–Kier alpha value is -2.37. The monoisotopic (exact) mass is 436 g/mol. The molecule has 1 amide bonds. The van der Waals surface area contributed by atoms with Gasteiger partial charge < -0.3 is 14.8 Å². The molecule has 0 unspecified atom stereocenters. The van der Waals surface area contributed by atoms with Crippen molar-refractivity contribution in [3.05, 3.63) is 64.7 Å². The summed E-state index contributed by atoms with van der Waals surface area (Å²) in [5, 5.41) is 3.23. The number of carbonyl (C=O) groups excluding carboxylic acids is 1. The van der Waals surface area contributed by atoms with Crippen LogP contribution in [-0.4, -0.2) is 49.3 Å². The third kappa shape index (κ3) is 5.90. The third-order valence-electron chi connectivity index (χ3n) is 6.71. The Balaban J connectivity index is 1.29. The normalized spacial score (nSPS) is 20.2. The van der Waals surface area contributed by atoms with Crippen LogP contribution in [-0.2, 0) is 24.1 Å². The van der Waals surface area contributed by atoms with Crippen LogP contribution in [0.5, 0.6) is 5.75 Å². The summed E-state index contributed by atoms with van der Waals surface area (Å²) in [7, 11) is 0. The van der Waals surface area contributed by atoms with Gasteiger partial charge in [-0.2, -0.15) is 0 Å². The summed E-state index contributed by atoms with van der Waals surface area (Å²) in [6, 6.07) is 14.5. The van der Waals surface area contributed by atoms with Crippen molar-refractivity contribution in [2.24, 2.45) is 0 Å². The minimum Gasteiger partial charge on any atom is -0.491 e. The van der Waals surface area contributed by atoms with Gasteiger partial charge in [0.1, 0.15) is 12.4 Å². The quantitative estimate of drug-likeness (QED) is 0.634. The second-order valence-corrected chi connectivity index (χ2v) is 8.95. The van der Waals surface area contributed by atoms with E-state index in [-0.39, 0.29) is 18.1 Å². The lowest BCUT2D eigenvalue weighted by Gasteiger charge is -2.27. The lowest BCUT2D eigenvalue weighted by molar-refractivity contribution is 0.0679. The van der Waals surface area contributed by atoms with Crippen molar-refractivity contribution in [2.75, 3.05) is 26.3 Å². The molecule has 1 aliphatic heterocycles. The fourth-order valence-electron chi connectivity index (χ4n) is 4.67. The van der Waals surface area contributed by atoms with Crippen LogP contribution < -0.4 is 10.1 Å². The maximum absolute atomic E-state index is 12.8. The zero-order chi connectivity index (χ0) is 22.3. The number of hydrogen-bond donors (Lipinski definition) is 1. The maximum Gasteiger partial charge on any atom is 0.251 e. The molecule has 0 radical (unpaired) electrons. The minimum absolute atomic E-state index is 0.0118. The standard InChI is InChI=1S/C27H36N2O3/c1-3-29(4-2)18-20-7-8-23-17-24(12-9-22(23)16-20)28-27(30)21-10-13-25(14-11-21)32-19-26-6-5-15-31-26/h7-8,10-11,13-14,16,24,26H,3-6,9,12,15,17-19H2,1-2H3,(H,28,30)/t24-,26-/m0/s1. The van der Waals surface area contributed by atoms with Crippen molar-refractivity contribution in [1.29, 1.82) is 0 Å². The molecule has 1 N–H and O–H groups in total. The van der Waals surface area contributed by atoms with E-state index in [1.165, 1.54) is 16.7 Å². The van der Waals surface area contributed by atoms with E-state index in [0.717, 1.165) is 64.1 Å². The fraction of sp³-hybridized carbons (Fsp3) is 0.519. The van der Waals surface area contributed by atoms with Gasteiger partial charge in [0.25, 0.3) is 5.91 Å². The lowest BCUT2D eigenvalue weighted by atomic mass is 9.87. The molecule has 2 aromatic rings. The molecule has 1 aliphatic carbocycles. The Bertz CT molecular complexity index is 886. The van der Waals surface area contributed by atoms with Crippen molar-refractivity contribution in [3.8, 4) is 5.75 Å². The first kappa shape index (κ1) is 22.8. The van der Waals surface area contributed by atoms with Crippen molar-refractivity contribution in [2.45, 2.75) is 64.6 Å². The van der Waals surface area contributed by atoms with Crippen LogP contribution in [0.25, 0.3) is 0 Å². The van der Waals surface area contributed by atoms with Crippen LogP contribution >= 0.6 is 0 Å². The highest BCUT2D eigenvalue weighted by Gasteiger charge is 2.21. The molecule has 0 saturated carbocycles. The van der Waals surface area contributed by atoms with Gasteiger partial charge in [-0.3, -0.25) is 9.69 Å². The van der Waals surface area contributed by atoms with E-state index in [4.69, 9.17) is 9.47 Å². The number of rotatable bonds is 9. The highest BCUT2D eigenvalue weighted by molar-refractivity contribution is 5.94. The number of hydrogen-bond acceptors (Lipinski definition) is 4. The van der Waals surface area contributed by atoms with Gasteiger partial charge in [-0.1, -0.05) is 32.0 Å². The Morgan fingerprint density at radius 2 is 1.91 bits per heavy atom. The average Bonchev–Trinajstić information content (AvgIpc) is 3.35. The van der Waals surface area contributed by atoms with E-state index in [9.17, 15) is 4.79 Å². The summed E-state index contributed by atoms with van der Waals surface area (Å²) in [5.74, 6) is 0.770. The molecule has 4 rings (SSSR count). The van der Waals surface area contributed by atoms with E-state index in [1.807, 2.05) is 24.3 Å². The van der Waals surface area contributed by atoms with Gasteiger partial charge in [0, 0.05) is 24.8 Å². The zero-order valence-electron chi connectivity index (χ0n) is 19.4. The molecule has 1 saturated heterocycles. The van der Waals surface area contributed by atoms with Gasteiger partial charge in [0.15, 0.2) is 0 Å². The van der Waals surface area contributed by atoms with E-state index >= 15 is 0 Å². The van der Waals surface area contributed by atoms with E-state index in [2.05, 4.69) is 42.3 Å². The molecule has 2 atom stereocenters. The number of nitrogens with one attached hydrogen (secondary N) is 1. The molecule has 0 bridgehead atoms. The van der Waals surface area contributed by atoms with Crippen LogP contribution in [0.1, 0.15) is 60.2 Å². The number of amides is 1. The minimum atomic E-state index is -0.0118. The van der Waals surface area contributed by atoms with E-state index < -0.39 is 0 Å². The molecule has 172 valence electrons. The molecule has 1 heterocycles. The fourth-order valence-corrected chi connectivity index (χ4v) is 4.67. The van der Waals surface area contributed by atoms with Gasteiger partial charge in [0.05, 0.1) is 6.10 Å². The van der Waals surface area contributed by atoms with Crippen molar-refractivity contribution >= 4 is 5.91 Å². The molecule has 32 heavy (non-hydrogen) atoms. The second-order valence-electron chi connectivity index (χ2n) is 8.95. The maximum atomic E-state index is 12.8.